The van der Waals surface area contributed by atoms with E-state index in [9.17, 15) is 14.9 Å². The van der Waals surface area contributed by atoms with E-state index >= 15 is 0 Å². The van der Waals surface area contributed by atoms with Crippen molar-refractivity contribution in [3.8, 4) is 0 Å². The second kappa shape index (κ2) is 5.42. The van der Waals surface area contributed by atoms with Crippen molar-refractivity contribution in [3.05, 3.63) is 80.4 Å². The van der Waals surface area contributed by atoms with E-state index in [4.69, 9.17) is 0 Å². The van der Waals surface area contributed by atoms with Gasteiger partial charge >= 0.3 is 0 Å². The van der Waals surface area contributed by atoms with Gasteiger partial charge < -0.3 is 4.57 Å². The van der Waals surface area contributed by atoms with Crippen LogP contribution in [0.4, 0.5) is 5.69 Å². The summed E-state index contributed by atoms with van der Waals surface area (Å²) in [5.74, 6) is 0.644. The molecule has 6 heteroatoms. The molecular formula is C18H13N3O3. The molecule has 0 atom stereocenters. The summed E-state index contributed by atoms with van der Waals surface area (Å²) >= 11 is 0. The molecule has 0 fully saturated rings. The Balaban J connectivity index is 1.86. The Morgan fingerprint density at radius 3 is 2.83 bits per heavy atom. The zero-order valence-corrected chi connectivity index (χ0v) is 12.7. The predicted octanol–water partition coefficient (Wildman–Crippen LogP) is 3.25. The number of nitro benzene ring substituents is 1. The normalized spacial score (nSPS) is 14.9. The maximum atomic E-state index is 12.2. The van der Waals surface area contributed by atoms with Crippen LogP contribution in [0.15, 0.2) is 53.3 Å². The van der Waals surface area contributed by atoms with E-state index in [1.807, 2.05) is 34.9 Å². The topological polar surface area (TPSA) is 78.0 Å². The monoisotopic (exact) mass is 319 g/mol. The van der Waals surface area contributed by atoms with Gasteiger partial charge in [0.25, 0.3) is 11.2 Å². The van der Waals surface area contributed by atoms with Gasteiger partial charge in [-0.2, -0.15) is 4.98 Å². The van der Waals surface area contributed by atoms with Crippen LogP contribution in [0.25, 0.3) is 22.6 Å². The van der Waals surface area contributed by atoms with Gasteiger partial charge in [-0.05, 0) is 35.8 Å². The van der Waals surface area contributed by atoms with Crippen LogP contribution < -0.4 is 5.56 Å². The minimum atomic E-state index is -0.416. The lowest BCUT2D eigenvalue weighted by atomic mass is 10.1. The average molecular weight is 319 g/mol. The van der Waals surface area contributed by atoms with Gasteiger partial charge in [0, 0.05) is 18.7 Å². The molecule has 0 radical (unpaired) electrons. The first-order valence-electron chi connectivity index (χ1n) is 7.58. The van der Waals surface area contributed by atoms with Gasteiger partial charge in [-0.1, -0.05) is 24.3 Å². The quantitative estimate of drug-likeness (QED) is 0.536. The van der Waals surface area contributed by atoms with Crippen molar-refractivity contribution < 1.29 is 4.92 Å². The fourth-order valence-corrected chi connectivity index (χ4v) is 3.10. The minimum Gasteiger partial charge on any atom is -0.325 e. The molecule has 0 bridgehead atoms. The van der Waals surface area contributed by atoms with Crippen LogP contribution in [0.1, 0.15) is 17.8 Å². The molecule has 3 aromatic rings. The zero-order chi connectivity index (χ0) is 16.7. The summed E-state index contributed by atoms with van der Waals surface area (Å²) in [6.45, 7) is 0.740. The number of rotatable bonds is 2. The Bertz CT molecular complexity index is 1070. The van der Waals surface area contributed by atoms with Crippen LogP contribution in [-0.2, 0) is 6.54 Å². The molecule has 0 spiro atoms. The van der Waals surface area contributed by atoms with Crippen LogP contribution in [-0.4, -0.2) is 14.5 Å². The number of benzene rings is 2. The molecule has 0 unspecified atom stereocenters. The van der Waals surface area contributed by atoms with Gasteiger partial charge in [0.2, 0.25) is 0 Å². The second-order valence-corrected chi connectivity index (χ2v) is 5.68. The van der Waals surface area contributed by atoms with Gasteiger partial charge in [0.1, 0.15) is 5.82 Å². The maximum absolute atomic E-state index is 12.2. The summed E-state index contributed by atoms with van der Waals surface area (Å²) < 4.78 is 2.03. The van der Waals surface area contributed by atoms with Gasteiger partial charge in [0.15, 0.2) is 0 Å². The molecule has 118 valence electrons. The molecule has 2 aromatic carbocycles. The largest absolute Gasteiger partial charge is 0.325 e. The van der Waals surface area contributed by atoms with Crippen LogP contribution in [0.3, 0.4) is 0 Å². The molecule has 0 saturated heterocycles. The first-order valence-corrected chi connectivity index (χ1v) is 7.58. The van der Waals surface area contributed by atoms with Crippen molar-refractivity contribution in [2.45, 2.75) is 13.0 Å². The molecule has 1 aliphatic heterocycles. The van der Waals surface area contributed by atoms with E-state index in [0.29, 0.717) is 11.2 Å². The molecule has 6 nitrogen and oxygen atoms in total. The van der Waals surface area contributed by atoms with Gasteiger partial charge in [-0.3, -0.25) is 14.9 Å². The number of hydrogen-bond donors (Lipinski definition) is 0. The number of nitrogens with zero attached hydrogens (tertiary/aromatic N) is 3. The molecule has 0 amide bonds. The van der Waals surface area contributed by atoms with Crippen molar-refractivity contribution in [3.63, 3.8) is 0 Å². The summed E-state index contributed by atoms with van der Waals surface area (Å²) in [5, 5.41) is 11.5. The number of aromatic nitrogens is 2. The van der Waals surface area contributed by atoms with E-state index in [0.717, 1.165) is 29.6 Å². The van der Waals surface area contributed by atoms with Crippen LogP contribution in [0, 0.1) is 10.1 Å². The average Bonchev–Trinajstić information content (AvgIpc) is 2.98. The lowest BCUT2D eigenvalue weighted by Gasteiger charge is -2.07. The molecule has 1 aliphatic rings. The van der Waals surface area contributed by atoms with Crippen molar-refractivity contribution in [1.82, 2.24) is 9.55 Å². The Labute approximate surface area is 136 Å². The lowest BCUT2D eigenvalue weighted by molar-refractivity contribution is -0.384. The molecule has 0 saturated carbocycles. The highest BCUT2D eigenvalue weighted by molar-refractivity contribution is 5.85. The molecule has 0 aliphatic carbocycles. The molecule has 4 rings (SSSR count). The zero-order valence-electron chi connectivity index (χ0n) is 12.7. The third-order valence-corrected chi connectivity index (χ3v) is 4.20. The van der Waals surface area contributed by atoms with Crippen molar-refractivity contribution >= 4 is 28.2 Å². The van der Waals surface area contributed by atoms with E-state index in [-0.39, 0.29) is 11.2 Å². The first-order chi connectivity index (χ1) is 11.6. The molecular weight excluding hydrogens is 306 g/mol. The number of hydrogen-bond acceptors (Lipinski definition) is 4. The van der Waals surface area contributed by atoms with Crippen LogP contribution in [0.2, 0.25) is 0 Å². The fourth-order valence-electron chi connectivity index (χ4n) is 3.10. The van der Waals surface area contributed by atoms with E-state index < -0.39 is 4.92 Å². The third-order valence-electron chi connectivity index (χ3n) is 4.20. The van der Waals surface area contributed by atoms with E-state index in [2.05, 4.69) is 4.98 Å². The maximum Gasteiger partial charge on any atom is 0.281 e. The van der Waals surface area contributed by atoms with Crippen molar-refractivity contribution in [2.24, 2.45) is 0 Å². The number of fused-ring (bicyclic) bond motifs is 3. The molecule has 1 aromatic heterocycles. The summed E-state index contributed by atoms with van der Waals surface area (Å²) in [6.07, 6.45) is 2.61. The van der Waals surface area contributed by atoms with Crippen LogP contribution >= 0.6 is 0 Å². The van der Waals surface area contributed by atoms with Gasteiger partial charge in [-0.15, -0.1) is 0 Å². The summed E-state index contributed by atoms with van der Waals surface area (Å²) in [4.78, 5) is 27.0. The van der Waals surface area contributed by atoms with Gasteiger partial charge in [-0.25, -0.2) is 0 Å². The SMILES string of the molecule is O=c1nc2n(c3ccccc13)CC/C2=C\c1cccc([N+](=O)[O-])c1. The highest BCUT2D eigenvalue weighted by Gasteiger charge is 2.20. The highest BCUT2D eigenvalue weighted by atomic mass is 16.6. The van der Waals surface area contributed by atoms with Crippen molar-refractivity contribution in [2.75, 3.05) is 0 Å². The summed E-state index contributed by atoms with van der Waals surface area (Å²) in [6, 6.07) is 13.9. The standard InChI is InChI=1S/C18H13N3O3/c22-18-15-6-1-2-7-16(15)20-9-8-13(17(20)19-18)10-12-4-3-5-14(11-12)21(23)24/h1-7,10-11H,8-9H2/b13-10+. The summed E-state index contributed by atoms with van der Waals surface area (Å²) in [7, 11) is 0. The number of aryl methyl sites for hydroxylation is 1. The van der Waals surface area contributed by atoms with E-state index in [1.54, 1.807) is 12.1 Å². The Hall–Kier alpha value is -3.28. The first kappa shape index (κ1) is 14.3. The number of nitro groups is 1. The minimum absolute atomic E-state index is 0.0474. The lowest BCUT2D eigenvalue weighted by Crippen LogP contribution is -2.14. The highest BCUT2D eigenvalue weighted by Crippen LogP contribution is 2.30. The smallest absolute Gasteiger partial charge is 0.281 e. The predicted molar refractivity (Wildman–Crippen MR) is 91.6 cm³/mol. The number of allylic oxidation sites excluding steroid dienone is 1. The Morgan fingerprint density at radius 2 is 2.00 bits per heavy atom. The third kappa shape index (κ3) is 2.28. The van der Waals surface area contributed by atoms with E-state index in [1.165, 1.54) is 12.1 Å². The fraction of sp³-hybridized carbons (Fsp3) is 0.111. The van der Waals surface area contributed by atoms with Gasteiger partial charge in [0.05, 0.1) is 15.8 Å². The number of para-hydroxylation sites is 1. The molecule has 24 heavy (non-hydrogen) atoms. The molecule has 2 heterocycles. The summed E-state index contributed by atoms with van der Waals surface area (Å²) in [5.41, 5.74) is 2.32. The number of non-ortho nitro benzene ring substituents is 1. The van der Waals surface area contributed by atoms with Crippen molar-refractivity contribution in [1.29, 1.82) is 0 Å². The Kier molecular flexibility index (Phi) is 3.23. The second-order valence-electron chi connectivity index (χ2n) is 5.68. The molecule has 0 N–H and O–H groups in total. The Morgan fingerprint density at radius 1 is 1.17 bits per heavy atom. The van der Waals surface area contributed by atoms with Crippen LogP contribution in [0.5, 0.6) is 0 Å².